The number of hydrogen-bond acceptors (Lipinski definition) is 4. The number of aryl methyl sites for hydroxylation is 1. The molecule has 1 aromatic rings. The molecule has 1 heterocycles. The van der Waals surface area contributed by atoms with Gasteiger partial charge in [0.05, 0.1) is 6.20 Å². The van der Waals surface area contributed by atoms with E-state index >= 15 is 0 Å². The Balaban J connectivity index is 3.24. The molecular weight excluding hydrogens is 176 g/mol. The van der Waals surface area contributed by atoms with Crippen molar-refractivity contribution < 1.29 is 9.63 Å². The Bertz CT molecular complexity index is 443. The number of carbonyl (C=O) groups is 1. The van der Waals surface area contributed by atoms with Gasteiger partial charge in [-0.3, -0.25) is 9.78 Å². The molecule has 6 heteroatoms. The van der Waals surface area contributed by atoms with Crippen LogP contribution in [0.15, 0.2) is 15.8 Å². The molecule has 1 aromatic heterocycles. The fourth-order valence-corrected chi connectivity index (χ4v) is 0.750. The van der Waals surface area contributed by atoms with E-state index in [0.29, 0.717) is 10.3 Å². The average molecular weight is 184 g/mol. The lowest BCUT2D eigenvalue weighted by Crippen LogP contribution is -2.36. The molecule has 0 aliphatic carbocycles. The smallest absolute Gasteiger partial charge is 0.333 e. The zero-order chi connectivity index (χ0) is 10.0. The second kappa shape index (κ2) is 3.26. The highest BCUT2D eigenvalue weighted by Crippen LogP contribution is 1.80. The molecule has 0 saturated carbocycles. The number of aromatic amines is 1. The van der Waals surface area contributed by atoms with E-state index in [4.69, 9.17) is 0 Å². The topological polar surface area (TPSA) is 81.2 Å². The quantitative estimate of drug-likeness (QED) is 0.595. The fourth-order valence-electron chi connectivity index (χ4n) is 0.750. The van der Waals surface area contributed by atoms with E-state index in [-0.39, 0.29) is 0 Å². The summed E-state index contributed by atoms with van der Waals surface area (Å²) in [6, 6.07) is 0. The number of carbonyl (C=O) groups excluding carboxylic acids is 1. The number of nitrogens with zero attached hydrogens (tertiary/aromatic N) is 1. The van der Waals surface area contributed by atoms with Crippen LogP contribution >= 0.6 is 0 Å². The molecule has 6 nitrogen and oxygen atoms in total. The van der Waals surface area contributed by atoms with Crippen molar-refractivity contribution in [2.24, 2.45) is 0 Å². The lowest BCUT2D eigenvalue weighted by molar-refractivity contribution is -0.142. The zero-order valence-electron chi connectivity index (χ0n) is 7.16. The van der Waals surface area contributed by atoms with Crippen molar-refractivity contribution in [2.45, 2.75) is 13.8 Å². The molecule has 0 bridgehead atoms. The summed E-state index contributed by atoms with van der Waals surface area (Å²) < 4.78 is 0.680. The molecule has 13 heavy (non-hydrogen) atoms. The number of rotatable bonds is 1. The van der Waals surface area contributed by atoms with Crippen molar-refractivity contribution in [3.8, 4) is 0 Å². The number of nitrogens with one attached hydrogen (secondary N) is 1. The first-order chi connectivity index (χ1) is 6.00. The summed E-state index contributed by atoms with van der Waals surface area (Å²) in [5, 5.41) is 0. The summed E-state index contributed by atoms with van der Waals surface area (Å²) in [5.41, 5.74) is -0.972. The van der Waals surface area contributed by atoms with Crippen LogP contribution in [0.2, 0.25) is 0 Å². The van der Waals surface area contributed by atoms with Crippen molar-refractivity contribution >= 4 is 5.97 Å². The van der Waals surface area contributed by atoms with Crippen molar-refractivity contribution in [3.63, 3.8) is 0 Å². The minimum atomic E-state index is -0.772. The second-order valence-corrected chi connectivity index (χ2v) is 2.48. The summed E-state index contributed by atoms with van der Waals surface area (Å²) in [6.45, 7) is 2.66. The Hall–Kier alpha value is -1.85. The monoisotopic (exact) mass is 184 g/mol. The first kappa shape index (κ1) is 9.24. The molecule has 70 valence electrons. The van der Waals surface area contributed by atoms with Gasteiger partial charge in [0.1, 0.15) is 0 Å². The highest BCUT2D eigenvalue weighted by molar-refractivity contribution is 5.66. The zero-order valence-corrected chi connectivity index (χ0v) is 7.16. The number of hydrogen-bond donors (Lipinski definition) is 1. The van der Waals surface area contributed by atoms with Crippen molar-refractivity contribution in [1.29, 1.82) is 0 Å². The molecule has 0 fully saturated rings. The van der Waals surface area contributed by atoms with E-state index in [2.05, 4.69) is 4.84 Å². The van der Waals surface area contributed by atoms with Crippen LogP contribution in [0.1, 0.15) is 12.5 Å². The number of H-pyrrole nitrogens is 1. The van der Waals surface area contributed by atoms with Crippen LogP contribution in [0.25, 0.3) is 0 Å². The maximum Gasteiger partial charge on any atom is 0.361 e. The maximum absolute atomic E-state index is 11.0. The van der Waals surface area contributed by atoms with Gasteiger partial charge in [-0.15, -0.1) is 4.73 Å². The Labute approximate surface area is 72.7 Å². The summed E-state index contributed by atoms with van der Waals surface area (Å²) in [5.74, 6) is -0.631. The molecule has 0 saturated heterocycles. The third-order valence-corrected chi connectivity index (χ3v) is 1.32. The Morgan fingerprint density at radius 3 is 2.69 bits per heavy atom. The minimum Gasteiger partial charge on any atom is -0.333 e. The van der Waals surface area contributed by atoms with Crippen molar-refractivity contribution in [1.82, 2.24) is 9.71 Å². The SMILES string of the molecule is CC(=O)On1cc(C)c(=O)[nH]c1=O. The van der Waals surface area contributed by atoms with Crippen LogP contribution in [0.4, 0.5) is 0 Å². The molecule has 0 spiro atoms. The summed E-state index contributed by atoms with van der Waals surface area (Å²) in [6.07, 6.45) is 1.16. The third kappa shape index (κ3) is 2.05. The molecule has 0 radical (unpaired) electrons. The Morgan fingerprint density at radius 1 is 1.54 bits per heavy atom. The van der Waals surface area contributed by atoms with E-state index in [1.54, 1.807) is 0 Å². The van der Waals surface area contributed by atoms with Gasteiger partial charge in [0.2, 0.25) is 0 Å². The number of aromatic nitrogens is 2. The van der Waals surface area contributed by atoms with Gasteiger partial charge in [-0.05, 0) is 6.92 Å². The highest BCUT2D eigenvalue weighted by atomic mass is 16.7. The predicted octanol–water partition coefficient (Wildman–Crippen LogP) is -1.18. The van der Waals surface area contributed by atoms with E-state index in [1.807, 2.05) is 4.98 Å². The summed E-state index contributed by atoms with van der Waals surface area (Å²) in [4.78, 5) is 38.8. The molecule has 0 aliphatic rings. The largest absolute Gasteiger partial charge is 0.361 e. The lowest BCUT2D eigenvalue weighted by Gasteiger charge is -2.02. The standard InChI is InChI=1S/C7H8N2O4/c1-4-3-9(13-5(2)10)7(12)8-6(4)11/h3H,1-2H3,(H,8,11,12). The predicted molar refractivity (Wildman–Crippen MR) is 43.3 cm³/mol. The van der Waals surface area contributed by atoms with Gasteiger partial charge >= 0.3 is 11.7 Å². The molecule has 1 N–H and O–H groups in total. The van der Waals surface area contributed by atoms with Crippen molar-refractivity contribution in [3.05, 3.63) is 32.6 Å². The molecule has 0 aliphatic heterocycles. The van der Waals surface area contributed by atoms with Gasteiger partial charge in [-0.25, -0.2) is 9.59 Å². The minimum absolute atomic E-state index is 0.292. The molecule has 1 rings (SSSR count). The molecular formula is C7H8N2O4. The Morgan fingerprint density at radius 2 is 2.15 bits per heavy atom. The van der Waals surface area contributed by atoms with Crippen LogP contribution < -0.4 is 16.1 Å². The van der Waals surface area contributed by atoms with Crippen molar-refractivity contribution in [2.75, 3.05) is 0 Å². The average Bonchev–Trinajstić information content (AvgIpc) is 1.99. The second-order valence-electron chi connectivity index (χ2n) is 2.48. The van der Waals surface area contributed by atoms with E-state index < -0.39 is 17.2 Å². The fraction of sp³-hybridized carbons (Fsp3) is 0.286. The van der Waals surface area contributed by atoms with Crippen LogP contribution in [-0.2, 0) is 4.79 Å². The van der Waals surface area contributed by atoms with Crippen LogP contribution in [-0.4, -0.2) is 15.7 Å². The highest BCUT2D eigenvalue weighted by Gasteiger charge is 2.02. The van der Waals surface area contributed by atoms with E-state index in [0.717, 1.165) is 13.1 Å². The van der Waals surface area contributed by atoms with Gasteiger partial charge in [0, 0.05) is 12.5 Å². The van der Waals surface area contributed by atoms with Gasteiger partial charge in [-0.2, -0.15) is 0 Å². The van der Waals surface area contributed by atoms with E-state index in [9.17, 15) is 14.4 Å². The lowest BCUT2D eigenvalue weighted by atomic mass is 10.4. The molecule has 0 atom stereocenters. The van der Waals surface area contributed by atoms with Gasteiger partial charge in [0.25, 0.3) is 5.56 Å². The summed E-state index contributed by atoms with van der Waals surface area (Å²) in [7, 11) is 0. The van der Waals surface area contributed by atoms with Gasteiger partial charge in [0.15, 0.2) is 0 Å². The van der Waals surface area contributed by atoms with Gasteiger partial charge < -0.3 is 4.84 Å². The third-order valence-electron chi connectivity index (χ3n) is 1.32. The molecule has 0 amide bonds. The van der Waals surface area contributed by atoms with Crippen LogP contribution in [0.3, 0.4) is 0 Å². The van der Waals surface area contributed by atoms with E-state index in [1.165, 1.54) is 6.92 Å². The van der Waals surface area contributed by atoms with Crippen LogP contribution in [0, 0.1) is 6.92 Å². The molecule has 0 aromatic carbocycles. The van der Waals surface area contributed by atoms with Gasteiger partial charge in [-0.1, -0.05) is 0 Å². The summed E-state index contributed by atoms with van der Waals surface area (Å²) >= 11 is 0. The first-order valence-corrected chi connectivity index (χ1v) is 3.52. The maximum atomic E-state index is 11.0. The Kier molecular flexibility index (Phi) is 2.32. The normalized spacial score (nSPS) is 9.69. The van der Waals surface area contributed by atoms with Crippen LogP contribution in [0.5, 0.6) is 0 Å². The molecule has 0 unspecified atom stereocenters. The first-order valence-electron chi connectivity index (χ1n) is 3.52.